The first-order valence-corrected chi connectivity index (χ1v) is 11.5. The third-order valence-electron chi connectivity index (χ3n) is 5.35. The second kappa shape index (κ2) is 11.0. The van der Waals surface area contributed by atoms with Crippen LogP contribution in [0.2, 0.25) is 5.02 Å². The molecule has 1 heterocycles. The second-order valence-corrected chi connectivity index (χ2v) is 8.44. The van der Waals surface area contributed by atoms with Gasteiger partial charge in [-0.2, -0.15) is 0 Å². The Bertz CT molecular complexity index is 1420. The Morgan fingerprint density at radius 1 is 1.05 bits per heavy atom. The lowest BCUT2D eigenvalue weighted by atomic mass is 10.0. The predicted octanol–water partition coefficient (Wildman–Crippen LogP) is 4.55. The highest BCUT2D eigenvalue weighted by Gasteiger charge is 2.36. The summed E-state index contributed by atoms with van der Waals surface area (Å²) in [5, 5.41) is 5.21. The van der Waals surface area contributed by atoms with Crippen LogP contribution in [0.15, 0.2) is 72.3 Å². The summed E-state index contributed by atoms with van der Waals surface area (Å²) in [7, 11) is 1.52. The molecule has 5 amide bonds. The fourth-order valence-electron chi connectivity index (χ4n) is 3.67. The number of amides is 5. The number of methoxy groups -OCH3 is 1. The van der Waals surface area contributed by atoms with Crippen molar-refractivity contribution >= 4 is 52.8 Å². The van der Waals surface area contributed by atoms with Crippen LogP contribution in [0.5, 0.6) is 11.5 Å². The molecular weight excluding hydrogens is 498 g/mol. The summed E-state index contributed by atoms with van der Waals surface area (Å²) in [4.78, 5) is 50.1. The smallest absolute Gasteiger partial charge is 0.335 e. The summed E-state index contributed by atoms with van der Waals surface area (Å²) >= 11 is 6.01. The van der Waals surface area contributed by atoms with E-state index in [0.29, 0.717) is 33.3 Å². The third-order valence-corrected chi connectivity index (χ3v) is 5.59. The van der Waals surface area contributed by atoms with Crippen molar-refractivity contribution in [1.82, 2.24) is 5.32 Å². The molecule has 1 fully saturated rings. The van der Waals surface area contributed by atoms with Crippen LogP contribution in [0, 0.1) is 0 Å². The van der Waals surface area contributed by atoms with E-state index in [9.17, 15) is 19.2 Å². The molecular formula is C27H22ClN3O6. The van der Waals surface area contributed by atoms with E-state index in [4.69, 9.17) is 21.1 Å². The number of imide groups is 2. The van der Waals surface area contributed by atoms with Crippen molar-refractivity contribution in [1.29, 1.82) is 0 Å². The van der Waals surface area contributed by atoms with Gasteiger partial charge in [-0.25, -0.2) is 9.69 Å². The number of rotatable bonds is 7. The fraction of sp³-hybridized carbons (Fsp3) is 0.111. The average molecular weight is 520 g/mol. The number of barbiturate groups is 1. The fourth-order valence-corrected chi connectivity index (χ4v) is 3.86. The van der Waals surface area contributed by atoms with Crippen LogP contribution in [0.4, 0.5) is 16.2 Å². The summed E-state index contributed by atoms with van der Waals surface area (Å²) < 4.78 is 11.3. The molecule has 0 aromatic heterocycles. The van der Waals surface area contributed by atoms with Crippen LogP contribution in [0.3, 0.4) is 0 Å². The molecule has 4 rings (SSSR count). The molecule has 10 heteroatoms. The predicted molar refractivity (Wildman–Crippen MR) is 139 cm³/mol. The van der Waals surface area contributed by atoms with Crippen molar-refractivity contribution in [3.63, 3.8) is 0 Å². The molecule has 0 unspecified atom stereocenters. The summed E-state index contributed by atoms with van der Waals surface area (Å²) in [5.41, 5.74) is 1.85. The molecule has 37 heavy (non-hydrogen) atoms. The van der Waals surface area contributed by atoms with E-state index in [2.05, 4.69) is 10.6 Å². The van der Waals surface area contributed by atoms with Crippen LogP contribution in [-0.2, 0) is 21.0 Å². The van der Waals surface area contributed by atoms with Crippen LogP contribution in [0.1, 0.15) is 18.1 Å². The maximum Gasteiger partial charge on any atom is 0.335 e. The maximum absolute atomic E-state index is 13.1. The highest BCUT2D eigenvalue weighted by molar-refractivity contribution is 6.39. The Morgan fingerprint density at radius 2 is 1.81 bits per heavy atom. The zero-order valence-electron chi connectivity index (χ0n) is 19.9. The molecule has 0 radical (unpaired) electrons. The summed E-state index contributed by atoms with van der Waals surface area (Å²) in [6.07, 6.45) is 1.40. The zero-order valence-corrected chi connectivity index (χ0v) is 20.7. The lowest BCUT2D eigenvalue weighted by Gasteiger charge is -2.26. The molecule has 188 valence electrons. The molecule has 1 saturated heterocycles. The molecule has 0 saturated carbocycles. The van der Waals surface area contributed by atoms with Crippen molar-refractivity contribution in [3.8, 4) is 11.5 Å². The van der Waals surface area contributed by atoms with Crippen LogP contribution in [-0.4, -0.2) is 30.9 Å². The number of urea groups is 1. The Labute approximate surface area is 217 Å². The number of benzene rings is 3. The van der Waals surface area contributed by atoms with Crippen molar-refractivity contribution in [2.75, 3.05) is 17.3 Å². The Kier molecular flexibility index (Phi) is 7.55. The topological polar surface area (TPSA) is 114 Å². The van der Waals surface area contributed by atoms with Gasteiger partial charge in [0.1, 0.15) is 23.7 Å². The monoisotopic (exact) mass is 519 g/mol. The van der Waals surface area contributed by atoms with Gasteiger partial charge in [-0.3, -0.25) is 19.7 Å². The summed E-state index contributed by atoms with van der Waals surface area (Å²) in [5.74, 6) is -0.635. The first-order valence-electron chi connectivity index (χ1n) is 11.1. The number of nitrogens with one attached hydrogen (secondary N) is 2. The van der Waals surface area contributed by atoms with Crippen molar-refractivity contribution in [3.05, 3.63) is 88.5 Å². The van der Waals surface area contributed by atoms with Gasteiger partial charge in [0.25, 0.3) is 11.8 Å². The first-order chi connectivity index (χ1) is 17.7. The van der Waals surface area contributed by atoms with Crippen LogP contribution >= 0.6 is 11.6 Å². The Morgan fingerprint density at radius 3 is 2.49 bits per heavy atom. The quantitative estimate of drug-likeness (QED) is 0.349. The highest BCUT2D eigenvalue weighted by Crippen LogP contribution is 2.27. The van der Waals surface area contributed by atoms with Gasteiger partial charge in [0.15, 0.2) is 0 Å². The number of anilines is 2. The lowest BCUT2D eigenvalue weighted by Crippen LogP contribution is -2.54. The van der Waals surface area contributed by atoms with E-state index >= 15 is 0 Å². The number of nitrogens with zero attached hydrogens (tertiary/aromatic N) is 1. The second-order valence-electron chi connectivity index (χ2n) is 8.00. The van der Waals surface area contributed by atoms with E-state index in [1.54, 1.807) is 60.7 Å². The average Bonchev–Trinajstić information content (AvgIpc) is 2.86. The van der Waals surface area contributed by atoms with Gasteiger partial charge in [-0.05, 0) is 66.2 Å². The van der Waals surface area contributed by atoms with E-state index in [0.717, 1.165) is 4.90 Å². The van der Waals surface area contributed by atoms with Gasteiger partial charge in [-0.1, -0.05) is 23.7 Å². The molecule has 0 atom stereocenters. The molecule has 1 aliphatic heterocycles. The molecule has 2 N–H and O–H groups in total. The van der Waals surface area contributed by atoms with Gasteiger partial charge in [0.2, 0.25) is 5.91 Å². The SMILES string of the molecule is COc1ccc(/C=C2/C(=O)NC(=O)N(c3cccc(Cl)c3)C2=O)cc1COc1ccc(NC(C)=O)cc1. The highest BCUT2D eigenvalue weighted by atomic mass is 35.5. The van der Waals surface area contributed by atoms with Crippen molar-refractivity contribution in [2.24, 2.45) is 0 Å². The number of hydrogen-bond acceptors (Lipinski definition) is 6. The standard InChI is InChI=1S/C27H22ClN3O6/c1-16(32)29-20-7-9-22(10-8-20)37-15-18-12-17(6-11-24(18)36-2)13-23-25(33)30-27(35)31(26(23)34)21-5-3-4-19(28)14-21/h3-14H,15H2,1-2H3,(H,29,32)(H,30,33,35)/b23-13-. The van der Waals surface area contributed by atoms with Gasteiger partial charge in [0, 0.05) is 23.2 Å². The number of halogens is 1. The Hall–Kier alpha value is -4.63. The minimum Gasteiger partial charge on any atom is -0.496 e. The minimum absolute atomic E-state index is 0.132. The number of hydrogen-bond donors (Lipinski definition) is 2. The van der Waals surface area contributed by atoms with E-state index in [1.807, 2.05) is 0 Å². The van der Waals surface area contributed by atoms with Crippen molar-refractivity contribution in [2.45, 2.75) is 13.5 Å². The third kappa shape index (κ3) is 5.96. The van der Waals surface area contributed by atoms with Crippen LogP contribution < -0.4 is 25.0 Å². The number of ether oxygens (including phenoxy) is 2. The van der Waals surface area contributed by atoms with Gasteiger partial charge >= 0.3 is 6.03 Å². The largest absolute Gasteiger partial charge is 0.496 e. The van der Waals surface area contributed by atoms with E-state index in [1.165, 1.54) is 26.2 Å². The molecule has 3 aromatic rings. The molecule has 3 aromatic carbocycles. The van der Waals surface area contributed by atoms with Crippen LogP contribution in [0.25, 0.3) is 6.08 Å². The van der Waals surface area contributed by atoms with E-state index < -0.39 is 17.8 Å². The molecule has 1 aliphatic rings. The summed E-state index contributed by atoms with van der Waals surface area (Å²) in [6, 6.07) is 17.3. The number of carbonyl (C=O) groups is 4. The number of carbonyl (C=O) groups excluding carboxylic acids is 4. The molecule has 9 nitrogen and oxygen atoms in total. The normalized spacial score (nSPS) is 14.4. The molecule has 0 bridgehead atoms. The summed E-state index contributed by atoms with van der Waals surface area (Å²) in [6.45, 7) is 1.56. The van der Waals surface area contributed by atoms with Crippen molar-refractivity contribution < 1.29 is 28.7 Å². The maximum atomic E-state index is 13.1. The zero-order chi connectivity index (χ0) is 26.5. The van der Waals surface area contributed by atoms with Gasteiger partial charge in [-0.15, -0.1) is 0 Å². The molecule has 0 aliphatic carbocycles. The minimum atomic E-state index is -0.859. The Balaban J connectivity index is 1.57. The van der Waals surface area contributed by atoms with E-state index in [-0.39, 0.29) is 23.8 Å². The first kappa shape index (κ1) is 25.5. The molecule has 0 spiro atoms. The van der Waals surface area contributed by atoms with Gasteiger partial charge < -0.3 is 14.8 Å². The lowest BCUT2D eigenvalue weighted by molar-refractivity contribution is -0.122. The van der Waals surface area contributed by atoms with Gasteiger partial charge in [0.05, 0.1) is 12.8 Å².